The zero-order chi connectivity index (χ0) is 15.2. The van der Waals surface area contributed by atoms with E-state index in [4.69, 9.17) is 18.0 Å². The molecule has 1 amide bonds. The van der Waals surface area contributed by atoms with Gasteiger partial charge in [0, 0.05) is 4.90 Å². The molecule has 0 aromatic heterocycles. The zero-order valence-corrected chi connectivity index (χ0v) is 12.6. The van der Waals surface area contributed by atoms with E-state index in [1.54, 1.807) is 6.07 Å². The van der Waals surface area contributed by atoms with Crippen molar-refractivity contribution in [1.82, 2.24) is 0 Å². The number of thiocarbonyl (C=S) groups is 1. The van der Waals surface area contributed by atoms with Gasteiger partial charge in [-0.05, 0) is 24.3 Å². The summed E-state index contributed by atoms with van der Waals surface area (Å²) in [5.74, 6) is -0.569. The molecule has 0 spiro atoms. The van der Waals surface area contributed by atoms with Crippen LogP contribution in [-0.4, -0.2) is 16.6 Å². The first kappa shape index (κ1) is 15.5. The lowest BCUT2D eigenvalue weighted by Crippen LogP contribution is -2.20. The minimum atomic E-state index is -0.545. The van der Waals surface area contributed by atoms with Crippen LogP contribution in [0.15, 0.2) is 53.4 Å². The molecular weight excluding hydrogens is 307 g/mol. The molecular formula is C15H13FN2OS2. The van der Waals surface area contributed by atoms with Gasteiger partial charge in [-0.25, -0.2) is 4.39 Å². The van der Waals surface area contributed by atoms with Crippen LogP contribution in [0.3, 0.4) is 0 Å². The third-order valence-corrected chi connectivity index (χ3v) is 3.86. The first-order chi connectivity index (χ1) is 10.1. The molecule has 6 heteroatoms. The molecule has 0 aliphatic carbocycles. The maximum Gasteiger partial charge on any atom is 0.234 e. The second-order valence-electron chi connectivity index (χ2n) is 4.18. The number of carbonyl (C=O) groups excluding carboxylic acids is 1. The summed E-state index contributed by atoms with van der Waals surface area (Å²) < 4.78 is 13.7. The number of nitrogens with one attached hydrogen (secondary N) is 1. The lowest BCUT2D eigenvalue weighted by atomic mass is 10.1. The molecule has 0 aliphatic rings. The van der Waals surface area contributed by atoms with Gasteiger partial charge in [0.15, 0.2) is 0 Å². The van der Waals surface area contributed by atoms with E-state index < -0.39 is 5.82 Å². The van der Waals surface area contributed by atoms with Gasteiger partial charge in [-0.1, -0.05) is 36.5 Å². The quantitative estimate of drug-likeness (QED) is 0.656. The largest absolute Gasteiger partial charge is 0.389 e. The van der Waals surface area contributed by atoms with Crippen LogP contribution in [0.5, 0.6) is 0 Å². The second kappa shape index (κ2) is 7.19. The number of amides is 1. The maximum atomic E-state index is 13.7. The van der Waals surface area contributed by atoms with Crippen molar-refractivity contribution in [3.05, 3.63) is 59.9 Å². The van der Waals surface area contributed by atoms with Crippen molar-refractivity contribution < 1.29 is 9.18 Å². The number of benzene rings is 2. The summed E-state index contributed by atoms with van der Waals surface area (Å²) in [6.07, 6.45) is 0. The van der Waals surface area contributed by atoms with Gasteiger partial charge in [-0.3, -0.25) is 4.79 Å². The molecule has 0 fully saturated rings. The van der Waals surface area contributed by atoms with Crippen LogP contribution in [0, 0.1) is 5.82 Å². The summed E-state index contributed by atoms with van der Waals surface area (Å²) in [4.78, 5) is 12.8. The van der Waals surface area contributed by atoms with Crippen LogP contribution < -0.4 is 11.1 Å². The zero-order valence-electron chi connectivity index (χ0n) is 11.0. The van der Waals surface area contributed by atoms with Crippen molar-refractivity contribution in [2.75, 3.05) is 11.1 Å². The number of halogens is 1. The van der Waals surface area contributed by atoms with Crippen LogP contribution >= 0.6 is 24.0 Å². The summed E-state index contributed by atoms with van der Waals surface area (Å²) >= 11 is 6.21. The van der Waals surface area contributed by atoms with Crippen molar-refractivity contribution >= 4 is 40.6 Å². The molecule has 3 N–H and O–H groups in total. The summed E-state index contributed by atoms with van der Waals surface area (Å²) in [6.45, 7) is 0. The van der Waals surface area contributed by atoms with E-state index in [-0.39, 0.29) is 22.2 Å². The van der Waals surface area contributed by atoms with Crippen LogP contribution in [0.4, 0.5) is 10.1 Å². The molecule has 0 saturated carbocycles. The van der Waals surface area contributed by atoms with Crippen molar-refractivity contribution in [2.24, 2.45) is 5.73 Å². The minimum Gasteiger partial charge on any atom is -0.389 e. The summed E-state index contributed by atoms with van der Waals surface area (Å²) in [5, 5.41) is 2.64. The molecule has 0 unspecified atom stereocenters. The Morgan fingerprint density at radius 3 is 2.57 bits per heavy atom. The number of thioether (sulfide) groups is 1. The standard InChI is InChI=1S/C15H13FN2OS2/c16-11-7-4-8-12(14(11)15(17)20)18-13(19)9-21-10-5-2-1-3-6-10/h1-8H,9H2,(H2,17,20)(H,18,19). The van der Waals surface area contributed by atoms with Gasteiger partial charge in [0.25, 0.3) is 0 Å². The van der Waals surface area contributed by atoms with Crippen LogP contribution in [-0.2, 0) is 4.79 Å². The fourth-order valence-corrected chi connectivity index (χ4v) is 2.66. The van der Waals surface area contributed by atoms with Crippen LogP contribution in [0.25, 0.3) is 0 Å². The third-order valence-electron chi connectivity index (χ3n) is 2.65. The van der Waals surface area contributed by atoms with E-state index in [2.05, 4.69) is 5.32 Å². The molecule has 108 valence electrons. The Labute approximate surface area is 131 Å². The van der Waals surface area contributed by atoms with Gasteiger partial charge in [-0.2, -0.15) is 0 Å². The Morgan fingerprint density at radius 2 is 1.90 bits per heavy atom. The molecule has 0 aliphatic heterocycles. The Morgan fingerprint density at radius 1 is 1.19 bits per heavy atom. The number of carbonyl (C=O) groups is 1. The number of hydrogen-bond donors (Lipinski definition) is 2. The number of anilines is 1. The summed E-state index contributed by atoms with van der Waals surface area (Å²) in [5.41, 5.74) is 5.84. The monoisotopic (exact) mass is 320 g/mol. The molecule has 2 rings (SSSR count). The van der Waals surface area contributed by atoms with Gasteiger partial charge in [0.2, 0.25) is 5.91 Å². The smallest absolute Gasteiger partial charge is 0.234 e. The lowest BCUT2D eigenvalue weighted by molar-refractivity contribution is -0.113. The predicted molar refractivity (Wildman–Crippen MR) is 88.1 cm³/mol. The molecule has 2 aromatic carbocycles. The highest BCUT2D eigenvalue weighted by Crippen LogP contribution is 2.21. The van der Waals surface area contributed by atoms with Gasteiger partial charge in [0.05, 0.1) is 17.0 Å². The minimum absolute atomic E-state index is 0.0607. The summed E-state index contributed by atoms with van der Waals surface area (Å²) in [7, 11) is 0. The van der Waals surface area contributed by atoms with Gasteiger partial charge < -0.3 is 11.1 Å². The Hall–Kier alpha value is -1.92. The van der Waals surface area contributed by atoms with Crippen molar-refractivity contribution in [3.8, 4) is 0 Å². The Bertz CT molecular complexity index is 662. The van der Waals surface area contributed by atoms with Gasteiger partial charge in [-0.15, -0.1) is 11.8 Å². The highest BCUT2D eigenvalue weighted by atomic mass is 32.2. The normalized spacial score (nSPS) is 10.1. The Kier molecular flexibility index (Phi) is 5.30. The van der Waals surface area contributed by atoms with Crippen molar-refractivity contribution in [1.29, 1.82) is 0 Å². The second-order valence-corrected chi connectivity index (χ2v) is 5.67. The van der Waals surface area contributed by atoms with Crippen LogP contribution in [0.1, 0.15) is 5.56 Å². The van der Waals surface area contributed by atoms with E-state index in [0.29, 0.717) is 5.69 Å². The molecule has 0 bridgehead atoms. The van der Waals surface area contributed by atoms with Crippen LogP contribution in [0.2, 0.25) is 0 Å². The lowest BCUT2D eigenvalue weighted by Gasteiger charge is -2.10. The van der Waals surface area contributed by atoms with E-state index in [1.807, 2.05) is 30.3 Å². The van der Waals surface area contributed by atoms with E-state index >= 15 is 0 Å². The molecule has 3 nitrogen and oxygen atoms in total. The van der Waals surface area contributed by atoms with Gasteiger partial charge in [0.1, 0.15) is 10.8 Å². The number of nitrogens with two attached hydrogens (primary N) is 1. The average molecular weight is 320 g/mol. The fourth-order valence-electron chi connectivity index (χ4n) is 1.73. The van der Waals surface area contributed by atoms with Crippen molar-refractivity contribution in [2.45, 2.75) is 4.90 Å². The summed E-state index contributed by atoms with van der Waals surface area (Å²) in [6, 6.07) is 13.9. The highest BCUT2D eigenvalue weighted by Gasteiger charge is 2.13. The maximum absolute atomic E-state index is 13.7. The van der Waals surface area contributed by atoms with Crippen molar-refractivity contribution in [3.63, 3.8) is 0 Å². The fraction of sp³-hybridized carbons (Fsp3) is 0.0667. The first-order valence-corrected chi connectivity index (χ1v) is 7.53. The van der Waals surface area contributed by atoms with E-state index in [9.17, 15) is 9.18 Å². The van der Waals surface area contributed by atoms with E-state index in [1.165, 1.54) is 23.9 Å². The Balaban J connectivity index is 2.03. The SMILES string of the molecule is NC(=S)c1c(F)cccc1NC(=O)CSc1ccccc1. The van der Waals surface area contributed by atoms with Gasteiger partial charge >= 0.3 is 0 Å². The average Bonchev–Trinajstić information content (AvgIpc) is 2.46. The predicted octanol–water partition coefficient (Wildman–Crippen LogP) is 3.19. The molecule has 2 aromatic rings. The number of hydrogen-bond acceptors (Lipinski definition) is 3. The molecule has 0 atom stereocenters. The van der Waals surface area contributed by atoms with E-state index in [0.717, 1.165) is 4.90 Å². The number of rotatable bonds is 5. The highest BCUT2D eigenvalue weighted by molar-refractivity contribution is 8.00. The molecule has 0 radical (unpaired) electrons. The molecule has 0 saturated heterocycles. The molecule has 0 heterocycles. The topological polar surface area (TPSA) is 55.1 Å². The third kappa shape index (κ3) is 4.27. The first-order valence-electron chi connectivity index (χ1n) is 6.14. The molecule has 21 heavy (non-hydrogen) atoms.